The van der Waals surface area contributed by atoms with E-state index in [4.69, 9.17) is 12.2 Å². The lowest BCUT2D eigenvalue weighted by molar-refractivity contribution is 0.411. The molecule has 1 aromatic heterocycles. The summed E-state index contributed by atoms with van der Waals surface area (Å²) >= 11 is 5.44. The molecule has 0 aromatic carbocycles. The molecule has 1 unspecified atom stereocenters. The van der Waals surface area contributed by atoms with Crippen LogP contribution in [-0.2, 0) is 6.54 Å². The molecule has 20 heavy (non-hydrogen) atoms. The first-order valence-electron chi connectivity index (χ1n) is 7.71. The highest BCUT2D eigenvalue weighted by Gasteiger charge is 2.17. The standard InChI is InChI=1S/C15H26N4S/c1-4-19-10-14(12(3)18-19)11(2)16-15(20)17-13-8-6-5-7-9-13/h10-11,13H,4-9H2,1-3H3,(H2,16,17,20). The monoisotopic (exact) mass is 294 g/mol. The van der Waals surface area contributed by atoms with Crippen LogP contribution < -0.4 is 10.6 Å². The van der Waals surface area contributed by atoms with Gasteiger partial charge >= 0.3 is 0 Å². The van der Waals surface area contributed by atoms with E-state index in [1.54, 1.807) is 0 Å². The van der Waals surface area contributed by atoms with Crippen molar-refractivity contribution < 1.29 is 0 Å². The van der Waals surface area contributed by atoms with Gasteiger partial charge in [0, 0.05) is 24.3 Å². The minimum Gasteiger partial charge on any atom is -0.360 e. The Hall–Kier alpha value is -1.10. The molecule has 1 heterocycles. The predicted octanol–water partition coefficient (Wildman–Crippen LogP) is 3.07. The maximum absolute atomic E-state index is 5.44. The van der Waals surface area contributed by atoms with E-state index in [0.717, 1.165) is 17.4 Å². The third-order valence-electron chi connectivity index (χ3n) is 4.06. The molecule has 0 bridgehead atoms. The molecule has 1 saturated carbocycles. The Kier molecular flexibility index (Phi) is 5.40. The summed E-state index contributed by atoms with van der Waals surface area (Å²) < 4.78 is 1.97. The van der Waals surface area contributed by atoms with Crippen LogP contribution in [0.5, 0.6) is 0 Å². The van der Waals surface area contributed by atoms with Crippen molar-refractivity contribution in [3.05, 3.63) is 17.5 Å². The quantitative estimate of drug-likeness (QED) is 0.838. The van der Waals surface area contributed by atoms with E-state index in [9.17, 15) is 0 Å². The van der Waals surface area contributed by atoms with Crippen LogP contribution in [0.3, 0.4) is 0 Å². The summed E-state index contributed by atoms with van der Waals surface area (Å²) in [4.78, 5) is 0. The number of nitrogens with zero attached hydrogens (tertiary/aromatic N) is 2. The van der Waals surface area contributed by atoms with E-state index < -0.39 is 0 Å². The van der Waals surface area contributed by atoms with Crippen molar-refractivity contribution in [1.82, 2.24) is 20.4 Å². The number of hydrogen-bond donors (Lipinski definition) is 2. The number of thiocarbonyl (C=S) groups is 1. The minimum absolute atomic E-state index is 0.193. The Morgan fingerprint density at radius 3 is 2.75 bits per heavy atom. The average Bonchev–Trinajstić information content (AvgIpc) is 2.81. The highest BCUT2D eigenvalue weighted by Crippen LogP contribution is 2.18. The SMILES string of the molecule is CCn1cc(C(C)NC(=S)NC2CCCCC2)c(C)n1. The van der Waals surface area contributed by atoms with Crippen molar-refractivity contribution in [3.63, 3.8) is 0 Å². The Bertz CT molecular complexity index is 449. The summed E-state index contributed by atoms with van der Waals surface area (Å²) in [5.74, 6) is 0. The van der Waals surface area contributed by atoms with Crippen molar-refractivity contribution in [2.75, 3.05) is 0 Å². The molecule has 0 aliphatic heterocycles. The van der Waals surface area contributed by atoms with Crippen molar-refractivity contribution in [2.24, 2.45) is 0 Å². The Balaban J connectivity index is 1.87. The molecule has 1 atom stereocenters. The lowest BCUT2D eigenvalue weighted by Gasteiger charge is -2.25. The molecule has 5 heteroatoms. The summed E-state index contributed by atoms with van der Waals surface area (Å²) in [6.07, 6.45) is 8.59. The van der Waals surface area contributed by atoms with Crippen molar-refractivity contribution in [3.8, 4) is 0 Å². The van der Waals surface area contributed by atoms with Crippen molar-refractivity contribution in [1.29, 1.82) is 0 Å². The number of rotatable bonds is 4. The fraction of sp³-hybridized carbons (Fsp3) is 0.733. The maximum atomic E-state index is 5.44. The van der Waals surface area contributed by atoms with Gasteiger partial charge in [0.05, 0.1) is 11.7 Å². The zero-order valence-electron chi connectivity index (χ0n) is 12.8. The maximum Gasteiger partial charge on any atom is 0.166 e. The predicted molar refractivity (Wildman–Crippen MR) is 86.8 cm³/mol. The highest BCUT2D eigenvalue weighted by atomic mass is 32.1. The van der Waals surface area contributed by atoms with Gasteiger partial charge in [-0.1, -0.05) is 19.3 Å². The first kappa shape index (κ1) is 15.3. The Morgan fingerprint density at radius 2 is 2.15 bits per heavy atom. The van der Waals surface area contributed by atoms with E-state index in [2.05, 4.69) is 42.7 Å². The zero-order chi connectivity index (χ0) is 14.5. The van der Waals surface area contributed by atoms with Gasteiger partial charge in [0.25, 0.3) is 0 Å². The minimum atomic E-state index is 0.193. The van der Waals surface area contributed by atoms with E-state index >= 15 is 0 Å². The lowest BCUT2D eigenvalue weighted by atomic mass is 9.96. The summed E-state index contributed by atoms with van der Waals surface area (Å²) in [5.41, 5.74) is 2.30. The van der Waals surface area contributed by atoms with E-state index in [0.29, 0.717) is 6.04 Å². The second kappa shape index (κ2) is 7.07. The van der Waals surface area contributed by atoms with Crippen LogP contribution in [0, 0.1) is 6.92 Å². The van der Waals surface area contributed by atoms with Crippen LogP contribution in [0.2, 0.25) is 0 Å². The van der Waals surface area contributed by atoms with Crippen LogP contribution in [0.25, 0.3) is 0 Å². The zero-order valence-corrected chi connectivity index (χ0v) is 13.6. The van der Waals surface area contributed by atoms with E-state index in [-0.39, 0.29) is 6.04 Å². The van der Waals surface area contributed by atoms with Gasteiger partial charge < -0.3 is 10.6 Å². The van der Waals surface area contributed by atoms with Crippen LogP contribution in [0.1, 0.15) is 63.3 Å². The number of nitrogens with one attached hydrogen (secondary N) is 2. The largest absolute Gasteiger partial charge is 0.360 e. The molecule has 1 aliphatic rings. The van der Waals surface area contributed by atoms with Gasteiger partial charge in [-0.3, -0.25) is 4.68 Å². The topological polar surface area (TPSA) is 41.9 Å². The van der Waals surface area contributed by atoms with Gasteiger partial charge in [0.1, 0.15) is 0 Å². The molecular formula is C15H26N4S. The molecule has 2 rings (SSSR count). The third-order valence-corrected chi connectivity index (χ3v) is 4.30. The molecule has 0 amide bonds. The van der Waals surface area contributed by atoms with Gasteiger partial charge in [0.15, 0.2) is 5.11 Å². The van der Waals surface area contributed by atoms with Crippen molar-refractivity contribution >= 4 is 17.3 Å². The second-order valence-corrected chi connectivity index (χ2v) is 6.11. The second-order valence-electron chi connectivity index (χ2n) is 5.70. The Morgan fingerprint density at radius 1 is 1.45 bits per heavy atom. The van der Waals surface area contributed by atoms with Gasteiger partial charge in [-0.2, -0.15) is 5.10 Å². The summed E-state index contributed by atoms with van der Waals surface area (Å²) in [6.45, 7) is 7.19. The fourth-order valence-electron chi connectivity index (χ4n) is 2.87. The van der Waals surface area contributed by atoms with Crippen LogP contribution >= 0.6 is 12.2 Å². The van der Waals surface area contributed by atoms with Gasteiger partial charge in [-0.15, -0.1) is 0 Å². The number of aromatic nitrogens is 2. The highest BCUT2D eigenvalue weighted by molar-refractivity contribution is 7.80. The van der Waals surface area contributed by atoms with E-state index in [1.807, 2.05) is 4.68 Å². The fourth-order valence-corrected chi connectivity index (χ4v) is 3.21. The lowest BCUT2D eigenvalue weighted by Crippen LogP contribution is -2.43. The normalized spacial score (nSPS) is 17.8. The first-order valence-corrected chi connectivity index (χ1v) is 8.12. The smallest absolute Gasteiger partial charge is 0.166 e. The Labute approximate surface area is 127 Å². The summed E-state index contributed by atoms with van der Waals surface area (Å²) in [7, 11) is 0. The van der Waals surface area contributed by atoms with Gasteiger partial charge in [-0.25, -0.2) is 0 Å². The van der Waals surface area contributed by atoms with Gasteiger partial charge in [0.2, 0.25) is 0 Å². The number of aryl methyl sites for hydroxylation is 2. The first-order chi connectivity index (χ1) is 9.60. The summed E-state index contributed by atoms with van der Waals surface area (Å²) in [5, 5.41) is 12.1. The van der Waals surface area contributed by atoms with Crippen LogP contribution in [0.15, 0.2) is 6.20 Å². The van der Waals surface area contributed by atoms with E-state index in [1.165, 1.54) is 37.7 Å². The molecular weight excluding hydrogens is 268 g/mol. The molecule has 1 fully saturated rings. The van der Waals surface area contributed by atoms with Gasteiger partial charge in [-0.05, 0) is 45.8 Å². The summed E-state index contributed by atoms with van der Waals surface area (Å²) in [6, 6.07) is 0.745. The molecule has 0 spiro atoms. The average molecular weight is 294 g/mol. The molecule has 4 nitrogen and oxygen atoms in total. The molecule has 2 N–H and O–H groups in total. The molecule has 0 radical (unpaired) electrons. The van der Waals surface area contributed by atoms with Crippen LogP contribution in [-0.4, -0.2) is 20.9 Å². The van der Waals surface area contributed by atoms with Crippen LogP contribution in [0.4, 0.5) is 0 Å². The number of hydrogen-bond acceptors (Lipinski definition) is 2. The molecule has 112 valence electrons. The molecule has 1 aliphatic carbocycles. The molecule has 1 aromatic rings. The third kappa shape index (κ3) is 3.95. The van der Waals surface area contributed by atoms with Crippen molar-refractivity contribution in [2.45, 2.75) is 71.5 Å². The molecule has 0 saturated heterocycles.